The van der Waals surface area contributed by atoms with E-state index in [2.05, 4.69) is 13.8 Å². The van der Waals surface area contributed by atoms with E-state index >= 15 is 0 Å². The number of unbranched alkanes of at least 4 members (excludes halogenated alkanes) is 6. The van der Waals surface area contributed by atoms with Crippen LogP contribution in [-0.4, -0.2) is 19.4 Å². The van der Waals surface area contributed by atoms with Gasteiger partial charge in [-0.05, 0) is 74.5 Å². The predicted octanol–water partition coefficient (Wildman–Crippen LogP) is 7.59. The van der Waals surface area contributed by atoms with Gasteiger partial charge in [-0.3, -0.25) is 4.57 Å². The molecule has 27 heavy (non-hydrogen) atoms. The average Bonchev–Trinajstić information content (AvgIpc) is 2.63. The molecule has 4 aliphatic carbocycles. The lowest BCUT2D eigenvalue weighted by Gasteiger charge is -2.56. The van der Waals surface area contributed by atoms with Crippen molar-refractivity contribution in [3.05, 3.63) is 0 Å². The van der Waals surface area contributed by atoms with Crippen molar-refractivity contribution in [3.8, 4) is 0 Å². The third-order valence-electron chi connectivity index (χ3n) is 7.30. The van der Waals surface area contributed by atoms with E-state index in [-0.39, 0.29) is 0 Å². The van der Waals surface area contributed by atoms with Gasteiger partial charge in [0.1, 0.15) is 0 Å². The van der Waals surface area contributed by atoms with E-state index in [4.69, 9.17) is 9.05 Å². The summed E-state index contributed by atoms with van der Waals surface area (Å²) in [5, 5.41) is 0. The van der Waals surface area contributed by atoms with Crippen LogP contribution in [0, 0.1) is 23.2 Å². The Morgan fingerprint density at radius 3 is 1.93 bits per heavy atom. The Balaban J connectivity index is 1.45. The smallest absolute Gasteiger partial charge is 0.309 e. The summed E-state index contributed by atoms with van der Waals surface area (Å²) in [6.45, 7) is 5.69. The number of hydrogen-bond donors (Lipinski definition) is 0. The molecule has 158 valence electrons. The van der Waals surface area contributed by atoms with Gasteiger partial charge in [0.25, 0.3) is 0 Å². The first-order valence-corrected chi connectivity index (χ1v) is 13.7. The lowest BCUT2D eigenvalue weighted by molar-refractivity contribution is -0.0766. The van der Waals surface area contributed by atoms with Crippen LogP contribution in [-0.2, 0) is 13.6 Å². The molecule has 0 spiro atoms. The minimum atomic E-state index is -2.92. The molecule has 4 aliphatic rings. The molecule has 4 saturated carbocycles. The van der Waals surface area contributed by atoms with Gasteiger partial charge in [-0.15, -0.1) is 0 Å². The van der Waals surface area contributed by atoms with Crippen LogP contribution in [0.25, 0.3) is 0 Å². The molecule has 3 nitrogen and oxygen atoms in total. The van der Waals surface area contributed by atoms with Gasteiger partial charge < -0.3 is 9.05 Å². The Kier molecular flexibility index (Phi) is 8.30. The van der Waals surface area contributed by atoms with Gasteiger partial charge in [0.2, 0.25) is 0 Å². The van der Waals surface area contributed by atoms with Crippen molar-refractivity contribution >= 4 is 7.60 Å². The zero-order valence-corrected chi connectivity index (χ0v) is 18.8. The Labute approximate surface area is 167 Å². The molecular weight excluding hydrogens is 355 g/mol. The molecule has 0 aromatic heterocycles. The van der Waals surface area contributed by atoms with Gasteiger partial charge in [-0.25, -0.2) is 0 Å². The lowest BCUT2D eigenvalue weighted by Crippen LogP contribution is -2.48. The molecule has 4 heteroatoms. The minimum Gasteiger partial charge on any atom is -0.309 e. The molecule has 0 aromatic carbocycles. The van der Waals surface area contributed by atoms with E-state index < -0.39 is 7.60 Å². The lowest BCUT2D eigenvalue weighted by atomic mass is 9.50. The quantitative estimate of drug-likeness (QED) is 0.223. The van der Waals surface area contributed by atoms with E-state index in [1.807, 2.05) is 0 Å². The number of rotatable bonds is 14. The first-order valence-electron chi connectivity index (χ1n) is 11.9. The molecule has 0 heterocycles. The highest BCUT2D eigenvalue weighted by Crippen LogP contribution is 2.61. The van der Waals surface area contributed by atoms with Crippen LogP contribution >= 0.6 is 7.60 Å². The molecule has 0 amide bonds. The zero-order valence-electron chi connectivity index (χ0n) is 17.9. The van der Waals surface area contributed by atoms with Crippen molar-refractivity contribution in [2.24, 2.45) is 23.2 Å². The highest BCUT2D eigenvalue weighted by Gasteiger charge is 2.51. The van der Waals surface area contributed by atoms with Crippen molar-refractivity contribution < 1.29 is 13.6 Å². The second kappa shape index (κ2) is 10.3. The summed E-state index contributed by atoms with van der Waals surface area (Å²) >= 11 is 0. The third kappa shape index (κ3) is 6.31. The van der Waals surface area contributed by atoms with E-state index in [1.165, 1.54) is 70.6 Å². The SMILES string of the molecule is CCCCCCCCOP(=O)(CCCC)OCC12CC3CC(CC(C3)C1)C2. The monoisotopic (exact) mass is 398 g/mol. The van der Waals surface area contributed by atoms with Crippen LogP contribution in [0.3, 0.4) is 0 Å². The van der Waals surface area contributed by atoms with E-state index in [0.29, 0.717) is 24.8 Å². The summed E-state index contributed by atoms with van der Waals surface area (Å²) in [4.78, 5) is 0. The van der Waals surface area contributed by atoms with Gasteiger partial charge in [-0.1, -0.05) is 52.4 Å². The molecule has 4 fully saturated rings. The fourth-order valence-corrected chi connectivity index (χ4v) is 8.22. The topological polar surface area (TPSA) is 35.5 Å². The van der Waals surface area contributed by atoms with Crippen LogP contribution in [0.2, 0.25) is 0 Å². The molecule has 1 unspecified atom stereocenters. The van der Waals surface area contributed by atoms with Gasteiger partial charge >= 0.3 is 7.60 Å². The highest BCUT2D eigenvalue weighted by molar-refractivity contribution is 7.53. The standard InChI is InChI=1S/C23H43O3P/c1-3-5-7-8-9-10-11-25-27(24,12-6-4-2)26-19-23-16-20-13-21(17-23)15-22(14-20)18-23/h20-22H,3-19H2,1-2H3. The largest absolute Gasteiger partial charge is 0.330 e. The van der Waals surface area contributed by atoms with Gasteiger partial charge in [-0.2, -0.15) is 0 Å². The first kappa shape index (κ1) is 21.8. The van der Waals surface area contributed by atoms with E-state index in [1.54, 1.807) is 0 Å². The van der Waals surface area contributed by atoms with E-state index in [9.17, 15) is 4.57 Å². The average molecular weight is 399 g/mol. The van der Waals surface area contributed by atoms with Crippen molar-refractivity contribution in [3.63, 3.8) is 0 Å². The maximum absolute atomic E-state index is 13.4. The van der Waals surface area contributed by atoms with Gasteiger partial charge in [0.15, 0.2) is 0 Å². The molecule has 0 aromatic rings. The van der Waals surface area contributed by atoms with Crippen LogP contribution in [0.15, 0.2) is 0 Å². The Bertz CT molecular complexity index is 455. The Morgan fingerprint density at radius 2 is 1.33 bits per heavy atom. The summed E-state index contributed by atoms with van der Waals surface area (Å²) in [6.07, 6.45) is 18.2. The highest BCUT2D eigenvalue weighted by atomic mass is 31.2. The van der Waals surface area contributed by atoms with Crippen LogP contribution in [0.1, 0.15) is 104 Å². The summed E-state index contributed by atoms with van der Waals surface area (Å²) in [5.74, 6) is 2.75. The molecular formula is C23H43O3P. The summed E-state index contributed by atoms with van der Waals surface area (Å²) in [5.41, 5.74) is 0.320. The molecule has 1 atom stereocenters. The first-order chi connectivity index (χ1) is 13.1. The second-order valence-corrected chi connectivity index (χ2v) is 12.2. The normalized spacial score (nSPS) is 34.1. The van der Waals surface area contributed by atoms with Crippen molar-refractivity contribution in [1.29, 1.82) is 0 Å². The van der Waals surface area contributed by atoms with Crippen molar-refractivity contribution in [2.75, 3.05) is 19.4 Å². The fraction of sp³-hybridized carbons (Fsp3) is 1.00. The van der Waals surface area contributed by atoms with Crippen molar-refractivity contribution in [2.45, 2.75) is 104 Å². The maximum Gasteiger partial charge on any atom is 0.330 e. The molecule has 0 N–H and O–H groups in total. The number of hydrogen-bond acceptors (Lipinski definition) is 3. The maximum atomic E-state index is 13.4. The van der Waals surface area contributed by atoms with Gasteiger partial charge in [0.05, 0.1) is 19.4 Å². The van der Waals surface area contributed by atoms with Crippen molar-refractivity contribution in [1.82, 2.24) is 0 Å². The Morgan fingerprint density at radius 1 is 0.778 bits per heavy atom. The molecule has 0 aliphatic heterocycles. The van der Waals surface area contributed by atoms with E-state index in [0.717, 1.165) is 37.0 Å². The molecule has 4 rings (SSSR count). The summed E-state index contributed by atoms with van der Waals surface area (Å²) < 4.78 is 25.5. The predicted molar refractivity (Wildman–Crippen MR) is 113 cm³/mol. The molecule has 4 bridgehead atoms. The van der Waals surface area contributed by atoms with Gasteiger partial charge in [0, 0.05) is 0 Å². The van der Waals surface area contributed by atoms with Crippen LogP contribution in [0.4, 0.5) is 0 Å². The third-order valence-corrected chi connectivity index (χ3v) is 9.27. The fourth-order valence-electron chi connectivity index (χ4n) is 6.31. The summed E-state index contributed by atoms with van der Waals surface area (Å²) in [7, 11) is -2.92. The minimum absolute atomic E-state index is 0.320. The summed E-state index contributed by atoms with van der Waals surface area (Å²) in [6, 6.07) is 0. The Hall–Kier alpha value is 0.150. The molecule has 0 radical (unpaired) electrons. The van der Waals surface area contributed by atoms with Crippen LogP contribution in [0.5, 0.6) is 0 Å². The zero-order chi connectivity index (χ0) is 19.2. The second-order valence-electron chi connectivity index (χ2n) is 9.98. The molecule has 0 saturated heterocycles. The van der Waals surface area contributed by atoms with Crippen LogP contribution < -0.4 is 0 Å².